The molecule has 9 rings (SSSR count). The average Bonchev–Trinajstić information content (AvgIpc) is 4.20. The minimum atomic E-state index is 0.825. The van der Waals surface area contributed by atoms with Gasteiger partial charge in [0.25, 0.3) is 0 Å². The Kier molecular flexibility index (Phi) is 14.3. The molecule has 0 unspecified atom stereocenters. The Labute approximate surface area is 430 Å². The third-order valence-corrected chi connectivity index (χ3v) is 17.2. The summed E-state index contributed by atoms with van der Waals surface area (Å²) in [4.78, 5) is 36.4. The van der Waals surface area contributed by atoms with Crippen LogP contribution in [0.15, 0.2) is 87.3 Å². The Balaban J connectivity index is 1.09. The van der Waals surface area contributed by atoms with Crippen molar-refractivity contribution in [3.8, 4) is 0 Å². The molecule has 8 heteroatoms. The average molecular weight is 961 g/mol. The highest BCUT2D eigenvalue weighted by Crippen LogP contribution is 2.39. The van der Waals surface area contributed by atoms with Crippen molar-refractivity contribution < 1.29 is 0 Å². The number of allylic oxidation sites excluding steroid dienone is 8. The summed E-state index contributed by atoms with van der Waals surface area (Å²) in [6.45, 7) is 36.0. The number of hydrogen-bond donors (Lipinski definition) is 4. The summed E-state index contributed by atoms with van der Waals surface area (Å²) in [5.74, 6) is 0. The maximum absolute atomic E-state index is 5.19. The van der Waals surface area contributed by atoms with E-state index in [0.717, 1.165) is 145 Å². The number of hydrogen-bond acceptors (Lipinski definition) is 4. The fourth-order valence-corrected chi connectivity index (χ4v) is 12.8. The molecule has 4 aromatic rings. The molecule has 4 aromatic heterocycles. The van der Waals surface area contributed by atoms with Gasteiger partial charge < -0.3 is 19.9 Å². The van der Waals surface area contributed by atoms with Crippen molar-refractivity contribution in [3.63, 3.8) is 0 Å². The molecular formula is C64H80N8. The van der Waals surface area contributed by atoms with Crippen molar-refractivity contribution in [3.05, 3.63) is 157 Å². The van der Waals surface area contributed by atoms with E-state index in [9.17, 15) is 0 Å². The molecule has 0 aliphatic carbocycles. The summed E-state index contributed by atoms with van der Waals surface area (Å²) >= 11 is 0. The maximum atomic E-state index is 5.19. The van der Waals surface area contributed by atoms with Gasteiger partial charge in [-0.05, 0) is 261 Å². The maximum Gasteiger partial charge on any atom is 0.0686 e. The van der Waals surface area contributed by atoms with Gasteiger partial charge in [-0.3, -0.25) is 20.0 Å². The molecule has 5 aliphatic heterocycles. The monoisotopic (exact) mass is 961 g/mol. The van der Waals surface area contributed by atoms with Crippen LogP contribution >= 0.6 is 0 Å². The lowest BCUT2D eigenvalue weighted by Crippen LogP contribution is -1.99. The topological polar surface area (TPSA) is 113 Å². The molecule has 4 N–H and O–H groups in total. The van der Waals surface area contributed by atoms with Crippen molar-refractivity contribution in [2.24, 2.45) is 20.0 Å². The zero-order valence-electron chi connectivity index (χ0n) is 46.6. The Hall–Kier alpha value is -6.28. The van der Waals surface area contributed by atoms with Crippen LogP contribution < -0.4 is 0 Å². The lowest BCUT2D eigenvalue weighted by molar-refractivity contribution is 0.832. The number of aliphatic imine (C=N–C) groups is 4. The normalized spacial score (nSPS) is 21.1. The SMILES string of the molecule is CCc1c2[nH]c(c1C)/C=C1\N=C(C)C(=C1C)CCCC1=C(C)/C(=C/c3[nH]c(c(CC)c3C)Cc3[nH]c(c(C)c3CC)/C=C3/N=C(C)C(=C3C)CCCC3=C(C)/C(=C\c4[nH]c(c(CC)c4C)C2)N=C3C)N=C1C. The zero-order chi connectivity index (χ0) is 51.4. The van der Waals surface area contributed by atoms with Crippen LogP contribution in [0.4, 0.5) is 0 Å². The van der Waals surface area contributed by atoms with Gasteiger partial charge in [0.05, 0.1) is 22.8 Å². The molecule has 376 valence electrons. The third-order valence-electron chi connectivity index (χ3n) is 17.2. The van der Waals surface area contributed by atoms with Crippen LogP contribution in [0.2, 0.25) is 0 Å². The molecule has 9 heterocycles. The predicted octanol–water partition coefficient (Wildman–Crippen LogP) is 16.2. The Morgan fingerprint density at radius 1 is 0.333 bits per heavy atom. The molecule has 8 nitrogen and oxygen atoms in total. The lowest BCUT2D eigenvalue weighted by atomic mass is 9.95. The summed E-state index contributed by atoms with van der Waals surface area (Å²) in [5.41, 5.74) is 40.1. The van der Waals surface area contributed by atoms with Crippen molar-refractivity contribution in [1.82, 2.24) is 19.9 Å². The fourth-order valence-electron chi connectivity index (χ4n) is 12.8. The van der Waals surface area contributed by atoms with E-state index in [1.165, 1.54) is 112 Å². The van der Waals surface area contributed by atoms with E-state index in [1.54, 1.807) is 0 Å². The highest BCUT2D eigenvalue weighted by Gasteiger charge is 2.26. The number of fused-ring (bicyclic) bond motifs is 12. The number of aromatic amines is 4. The number of aromatic nitrogens is 4. The first-order valence-corrected chi connectivity index (χ1v) is 27.2. The first-order valence-electron chi connectivity index (χ1n) is 27.2. The molecule has 0 radical (unpaired) electrons. The molecule has 0 atom stereocenters. The van der Waals surface area contributed by atoms with Gasteiger partial charge in [-0.15, -0.1) is 0 Å². The first kappa shape index (κ1) is 50.7. The lowest BCUT2D eigenvalue weighted by Gasteiger charge is -2.08. The molecule has 0 amide bonds. The van der Waals surface area contributed by atoms with Crippen molar-refractivity contribution in [2.75, 3.05) is 0 Å². The summed E-state index contributed by atoms with van der Waals surface area (Å²) in [7, 11) is 0. The van der Waals surface area contributed by atoms with Gasteiger partial charge >= 0.3 is 0 Å². The summed E-state index contributed by atoms with van der Waals surface area (Å²) < 4.78 is 0. The van der Waals surface area contributed by atoms with E-state index >= 15 is 0 Å². The standard InChI is InChI=1S/C64H80N8/c1-17-45-33(5)57-27-53-37(9)49(41(13)65-53)23-21-24-51-39(11)55(67-43(51)15)29-59-35(7)47(19-3)63(71-59)32-64-48(20-4)36(8)60(72-64)30-56-40(12)52(44(16)68-56)26-22-25-50-38(10)54(66-42(50)14)28-58-34(6)46(18-2)62(70-58)31-61(45)69-57/h27-30,69-72H,17-26,31-32H2,1-16H3/b53-27-,54-28+,55-29-,56-30+. The van der Waals surface area contributed by atoms with Gasteiger partial charge in [0.1, 0.15) is 0 Å². The smallest absolute Gasteiger partial charge is 0.0686 e. The van der Waals surface area contributed by atoms with Gasteiger partial charge in [0.15, 0.2) is 0 Å². The second-order valence-corrected chi connectivity index (χ2v) is 21.3. The Bertz CT molecular complexity index is 2880. The molecule has 0 saturated carbocycles. The zero-order valence-corrected chi connectivity index (χ0v) is 46.6. The summed E-state index contributed by atoms with van der Waals surface area (Å²) in [5, 5.41) is 0. The van der Waals surface area contributed by atoms with Crippen molar-refractivity contribution >= 4 is 47.2 Å². The second-order valence-electron chi connectivity index (χ2n) is 21.3. The minimum absolute atomic E-state index is 0.825. The minimum Gasteiger partial charge on any atom is -0.358 e. The largest absolute Gasteiger partial charge is 0.358 e. The van der Waals surface area contributed by atoms with Gasteiger partial charge in [-0.1, -0.05) is 27.7 Å². The quantitative estimate of drug-likeness (QED) is 0.156. The fraction of sp³-hybridized carbons (Fsp3) is 0.438. The highest BCUT2D eigenvalue weighted by molar-refractivity contribution is 6.06. The van der Waals surface area contributed by atoms with Gasteiger partial charge in [-0.25, -0.2) is 0 Å². The molecular weight excluding hydrogens is 881 g/mol. The van der Waals surface area contributed by atoms with E-state index in [2.05, 4.69) is 155 Å². The van der Waals surface area contributed by atoms with Gasteiger partial charge in [0, 0.05) is 81.2 Å². The number of H-pyrrole nitrogens is 4. The van der Waals surface area contributed by atoms with Crippen LogP contribution in [0, 0.1) is 27.7 Å². The van der Waals surface area contributed by atoms with E-state index in [4.69, 9.17) is 20.0 Å². The van der Waals surface area contributed by atoms with E-state index < -0.39 is 0 Å². The molecule has 0 aromatic carbocycles. The van der Waals surface area contributed by atoms with Crippen LogP contribution in [0.3, 0.4) is 0 Å². The van der Waals surface area contributed by atoms with Crippen molar-refractivity contribution in [1.29, 1.82) is 0 Å². The van der Waals surface area contributed by atoms with Crippen LogP contribution in [0.25, 0.3) is 24.3 Å². The van der Waals surface area contributed by atoms with Crippen LogP contribution in [-0.4, -0.2) is 42.8 Å². The number of nitrogens with one attached hydrogen (secondary N) is 4. The molecule has 72 heavy (non-hydrogen) atoms. The van der Waals surface area contributed by atoms with E-state index in [1.807, 2.05) is 0 Å². The molecule has 5 aliphatic rings. The molecule has 0 saturated heterocycles. The van der Waals surface area contributed by atoms with Crippen LogP contribution in [0.5, 0.6) is 0 Å². The van der Waals surface area contributed by atoms with E-state index in [-0.39, 0.29) is 0 Å². The number of rotatable bonds is 4. The van der Waals surface area contributed by atoms with Gasteiger partial charge in [0.2, 0.25) is 0 Å². The first-order chi connectivity index (χ1) is 34.5. The highest BCUT2D eigenvalue weighted by atomic mass is 14.9. The summed E-state index contributed by atoms with van der Waals surface area (Å²) in [6.07, 6.45) is 20.8. The predicted molar refractivity (Wildman–Crippen MR) is 308 cm³/mol. The molecule has 0 fully saturated rings. The van der Waals surface area contributed by atoms with Crippen LogP contribution in [0.1, 0.15) is 212 Å². The molecule has 16 bridgehead atoms. The number of nitrogens with zero attached hydrogens (tertiary/aromatic N) is 4. The third kappa shape index (κ3) is 9.13. The second kappa shape index (κ2) is 20.3. The summed E-state index contributed by atoms with van der Waals surface area (Å²) in [6, 6.07) is 0. The molecule has 0 spiro atoms. The Morgan fingerprint density at radius 3 is 0.736 bits per heavy atom. The van der Waals surface area contributed by atoms with Gasteiger partial charge in [-0.2, -0.15) is 0 Å². The Morgan fingerprint density at radius 2 is 0.542 bits per heavy atom. The van der Waals surface area contributed by atoms with Crippen LogP contribution in [-0.2, 0) is 38.5 Å². The van der Waals surface area contributed by atoms with E-state index in [0.29, 0.717) is 0 Å². The van der Waals surface area contributed by atoms with Crippen molar-refractivity contribution in [2.45, 2.75) is 188 Å².